The van der Waals surface area contributed by atoms with E-state index in [0.29, 0.717) is 12.8 Å². The summed E-state index contributed by atoms with van der Waals surface area (Å²) in [7, 11) is -1.23. The number of phosphoric ester groups is 1. The van der Waals surface area contributed by atoms with E-state index in [1.165, 1.54) is 21.1 Å². The lowest BCUT2D eigenvalue weighted by Gasteiger charge is -2.12. The highest BCUT2D eigenvalue weighted by atomic mass is 31.2. The van der Waals surface area contributed by atoms with Crippen molar-refractivity contribution in [1.82, 2.24) is 0 Å². The number of ketones is 2. The Balaban J connectivity index is 3.81. The van der Waals surface area contributed by atoms with Gasteiger partial charge in [-0.15, -0.1) is 0 Å². The van der Waals surface area contributed by atoms with Crippen molar-refractivity contribution in [3.8, 4) is 0 Å². The normalized spacial score (nSPS) is 11.4. The first-order valence-electron chi connectivity index (χ1n) is 4.80. The first-order valence-corrected chi connectivity index (χ1v) is 6.26. The Labute approximate surface area is 94.9 Å². The summed E-state index contributed by atoms with van der Waals surface area (Å²) in [5, 5.41) is 0. The average Bonchev–Trinajstić information content (AvgIpc) is 2.25. The molecule has 0 bridgehead atoms. The molecule has 16 heavy (non-hydrogen) atoms. The Hall–Kier alpha value is -0.550. The van der Waals surface area contributed by atoms with Crippen LogP contribution in [-0.2, 0) is 27.7 Å². The minimum atomic E-state index is -3.57. The van der Waals surface area contributed by atoms with Crippen molar-refractivity contribution in [1.29, 1.82) is 0 Å². The van der Waals surface area contributed by atoms with Gasteiger partial charge in [0.25, 0.3) is 0 Å². The van der Waals surface area contributed by atoms with Crippen LogP contribution in [0.5, 0.6) is 0 Å². The molecule has 0 saturated carbocycles. The molecule has 0 aliphatic carbocycles. The van der Waals surface area contributed by atoms with Crippen LogP contribution in [0.15, 0.2) is 0 Å². The topological polar surface area (TPSA) is 78.9 Å². The van der Waals surface area contributed by atoms with Crippen LogP contribution in [0.4, 0.5) is 0 Å². The molecule has 0 fully saturated rings. The molecule has 0 N–H and O–H groups in total. The molecule has 0 rings (SSSR count). The fourth-order valence-electron chi connectivity index (χ4n) is 0.938. The monoisotopic (exact) mass is 252 g/mol. The van der Waals surface area contributed by atoms with Gasteiger partial charge in [0.15, 0.2) is 5.78 Å². The SMILES string of the molecule is COP(=O)(OC)OCC(=O)CCCC(C)=O. The van der Waals surface area contributed by atoms with E-state index < -0.39 is 7.82 Å². The fourth-order valence-corrected chi connectivity index (χ4v) is 1.60. The predicted molar refractivity (Wildman–Crippen MR) is 57.1 cm³/mol. The smallest absolute Gasteiger partial charge is 0.300 e. The number of phosphoric acid groups is 1. The molecule has 6 nitrogen and oxygen atoms in total. The molecule has 0 aromatic heterocycles. The summed E-state index contributed by atoms with van der Waals surface area (Å²) in [6.45, 7) is 1.13. The third-order valence-corrected chi connectivity index (χ3v) is 3.16. The highest BCUT2D eigenvalue weighted by molar-refractivity contribution is 7.48. The first-order chi connectivity index (χ1) is 7.43. The summed E-state index contributed by atoms with van der Waals surface area (Å²) in [5.74, 6) is -0.205. The Morgan fingerprint density at radius 1 is 1.12 bits per heavy atom. The van der Waals surface area contributed by atoms with E-state index in [4.69, 9.17) is 4.52 Å². The van der Waals surface area contributed by atoms with E-state index in [-0.39, 0.29) is 24.6 Å². The molecule has 0 aromatic carbocycles. The van der Waals surface area contributed by atoms with Gasteiger partial charge in [-0.1, -0.05) is 0 Å². The molecule has 0 aromatic rings. The van der Waals surface area contributed by atoms with E-state index in [9.17, 15) is 14.2 Å². The van der Waals surface area contributed by atoms with Gasteiger partial charge in [0.05, 0.1) is 0 Å². The van der Waals surface area contributed by atoms with Crippen LogP contribution < -0.4 is 0 Å². The Bertz CT molecular complexity index is 280. The first kappa shape index (κ1) is 15.4. The summed E-state index contributed by atoms with van der Waals surface area (Å²) >= 11 is 0. The van der Waals surface area contributed by atoms with Crippen molar-refractivity contribution in [3.63, 3.8) is 0 Å². The van der Waals surface area contributed by atoms with Gasteiger partial charge in [-0.3, -0.25) is 18.4 Å². The lowest BCUT2D eigenvalue weighted by atomic mass is 10.1. The van der Waals surface area contributed by atoms with E-state index in [0.717, 1.165) is 0 Å². The second-order valence-electron chi connectivity index (χ2n) is 3.18. The van der Waals surface area contributed by atoms with Crippen LogP contribution in [0, 0.1) is 0 Å². The third-order valence-electron chi connectivity index (χ3n) is 1.82. The van der Waals surface area contributed by atoms with Crippen molar-refractivity contribution < 1.29 is 27.7 Å². The third kappa shape index (κ3) is 6.85. The second kappa shape index (κ2) is 7.68. The maximum atomic E-state index is 11.4. The van der Waals surface area contributed by atoms with E-state index in [2.05, 4.69) is 9.05 Å². The van der Waals surface area contributed by atoms with Gasteiger partial charge in [-0.2, -0.15) is 0 Å². The maximum Gasteiger partial charge on any atom is 0.474 e. The van der Waals surface area contributed by atoms with Crippen molar-refractivity contribution in [2.75, 3.05) is 20.8 Å². The molecule has 0 heterocycles. The maximum absolute atomic E-state index is 11.4. The van der Waals surface area contributed by atoms with Gasteiger partial charge in [0.2, 0.25) is 0 Å². The second-order valence-corrected chi connectivity index (χ2v) is 5.06. The molecule has 0 amide bonds. The lowest BCUT2D eigenvalue weighted by Crippen LogP contribution is -2.09. The van der Waals surface area contributed by atoms with Crippen LogP contribution in [0.3, 0.4) is 0 Å². The van der Waals surface area contributed by atoms with Crippen LogP contribution >= 0.6 is 7.82 Å². The van der Waals surface area contributed by atoms with Crippen LogP contribution in [0.2, 0.25) is 0 Å². The van der Waals surface area contributed by atoms with E-state index >= 15 is 0 Å². The standard InChI is InChI=1S/C9H17O6P/c1-8(10)5-4-6-9(11)7-15-16(12,13-2)14-3/h4-7H2,1-3H3. The number of Topliss-reactive ketones (excluding diaryl/α,β-unsaturated/α-hetero) is 2. The number of carbonyl (C=O) groups is 2. The van der Waals surface area contributed by atoms with Crippen LogP contribution in [0.1, 0.15) is 26.2 Å². The van der Waals surface area contributed by atoms with E-state index in [1.54, 1.807) is 0 Å². The summed E-state index contributed by atoms with van der Waals surface area (Å²) < 4.78 is 25.1. The van der Waals surface area contributed by atoms with Gasteiger partial charge in [-0.05, 0) is 13.3 Å². The molecule has 7 heteroatoms. The van der Waals surface area contributed by atoms with Crippen LogP contribution in [0.25, 0.3) is 0 Å². The van der Waals surface area contributed by atoms with Gasteiger partial charge < -0.3 is 4.79 Å². The summed E-state index contributed by atoms with van der Waals surface area (Å²) in [6.07, 6.45) is 1.05. The van der Waals surface area contributed by atoms with Gasteiger partial charge >= 0.3 is 7.82 Å². The molecule has 94 valence electrons. The largest absolute Gasteiger partial charge is 0.474 e. The molecule has 0 spiro atoms. The number of carbonyl (C=O) groups excluding carboxylic acids is 2. The Morgan fingerprint density at radius 3 is 2.12 bits per heavy atom. The zero-order valence-corrected chi connectivity index (χ0v) is 10.6. The molecule has 0 saturated heterocycles. The van der Waals surface area contributed by atoms with Gasteiger partial charge in [0.1, 0.15) is 12.4 Å². The van der Waals surface area contributed by atoms with Crippen molar-refractivity contribution in [2.45, 2.75) is 26.2 Å². The van der Waals surface area contributed by atoms with Gasteiger partial charge in [-0.25, -0.2) is 4.57 Å². The molecular formula is C9H17O6P. The zero-order chi connectivity index (χ0) is 12.6. The van der Waals surface area contributed by atoms with E-state index in [1.807, 2.05) is 0 Å². The highest BCUT2D eigenvalue weighted by Crippen LogP contribution is 2.47. The summed E-state index contributed by atoms with van der Waals surface area (Å²) in [6, 6.07) is 0. The molecule has 0 aliphatic heterocycles. The predicted octanol–water partition coefficient (Wildman–Crippen LogP) is 1.73. The summed E-state index contributed by atoms with van der Waals surface area (Å²) in [5.41, 5.74) is 0. The zero-order valence-electron chi connectivity index (χ0n) is 9.73. The van der Waals surface area contributed by atoms with Gasteiger partial charge in [0, 0.05) is 27.1 Å². The molecular weight excluding hydrogens is 235 g/mol. The minimum absolute atomic E-state index is 0.0353. The molecule has 0 radical (unpaired) electrons. The Kier molecular flexibility index (Phi) is 7.42. The van der Waals surface area contributed by atoms with Crippen molar-refractivity contribution in [2.24, 2.45) is 0 Å². The number of hydrogen-bond acceptors (Lipinski definition) is 6. The van der Waals surface area contributed by atoms with Crippen LogP contribution in [-0.4, -0.2) is 32.4 Å². The molecule has 0 atom stereocenters. The minimum Gasteiger partial charge on any atom is -0.300 e. The lowest BCUT2D eigenvalue weighted by molar-refractivity contribution is -0.122. The number of rotatable bonds is 9. The summed E-state index contributed by atoms with van der Waals surface area (Å²) in [4.78, 5) is 21.8. The van der Waals surface area contributed by atoms with Crippen molar-refractivity contribution >= 4 is 19.4 Å². The fraction of sp³-hybridized carbons (Fsp3) is 0.778. The highest BCUT2D eigenvalue weighted by Gasteiger charge is 2.23. The average molecular weight is 252 g/mol. The molecule has 0 aliphatic rings. The number of hydrogen-bond donors (Lipinski definition) is 0. The quantitative estimate of drug-likeness (QED) is 0.581. The Morgan fingerprint density at radius 2 is 1.69 bits per heavy atom. The molecule has 0 unspecified atom stereocenters. The van der Waals surface area contributed by atoms with Crippen molar-refractivity contribution in [3.05, 3.63) is 0 Å².